The summed E-state index contributed by atoms with van der Waals surface area (Å²) in [6, 6.07) is 7.56. The number of ether oxygens (including phenoxy) is 2. The lowest BCUT2D eigenvalue weighted by Crippen LogP contribution is -2.45. The second kappa shape index (κ2) is 10.9. The molecule has 3 aliphatic rings. The Kier molecular flexibility index (Phi) is 7.53. The van der Waals surface area contributed by atoms with E-state index in [1.807, 2.05) is 43.9 Å². The monoisotopic (exact) mass is 548 g/mol. The van der Waals surface area contributed by atoms with E-state index in [2.05, 4.69) is 10.2 Å². The number of nitrogens with zero attached hydrogens (tertiary/aromatic N) is 4. The first-order valence-corrected chi connectivity index (χ1v) is 13.7. The van der Waals surface area contributed by atoms with Crippen molar-refractivity contribution in [2.75, 3.05) is 38.7 Å². The van der Waals surface area contributed by atoms with Gasteiger partial charge in [0.2, 0.25) is 0 Å². The minimum Gasteiger partial charge on any atom is -0.493 e. The molecule has 1 saturated carbocycles. The Labute approximate surface area is 234 Å². The second-order valence-electron chi connectivity index (χ2n) is 11.5. The Morgan fingerprint density at radius 1 is 1.20 bits per heavy atom. The number of pyridine rings is 2. The van der Waals surface area contributed by atoms with E-state index in [-0.39, 0.29) is 23.6 Å². The largest absolute Gasteiger partial charge is 0.493 e. The molecule has 2 aliphatic carbocycles. The molecule has 1 atom stereocenters. The van der Waals surface area contributed by atoms with Gasteiger partial charge in [0.25, 0.3) is 0 Å². The fourth-order valence-electron chi connectivity index (χ4n) is 5.11. The van der Waals surface area contributed by atoms with Crippen molar-refractivity contribution in [1.82, 2.24) is 20.2 Å². The van der Waals surface area contributed by atoms with Crippen LogP contribution in [0.4, 0.5) is 15.0 Å². The van der Waals surface area contributed by atoms with E-state index >= 15 is 0 Å². The van der Waals surface area contributed by atoms with Crippen molar-refractivity contribution in [1.29, 1.82) is 5.41 Å². The molecule has 2 N–H and O–H groups in total. The number of carbonyl (C=O) groups excluding carboxylic acids is 1. The van der Waals surface area contributed by atoms with Crippen LogP contribution in [-0.4, -0.2) is 72.1 Å². The van der Waals surface area contributed by atoms with Gasteiger partial charge in [0, 0.05) is 44.0 Å². The maximum absolute atomic E-state index is 14.9. The van der Waals surface area contributed by atoms with Crippen LogP contribution < -0.4 is 10.2 Å². The van der Waals surface area contributed by atoms with Crippen LogP contribution in [0.3, 0.4) is 0 Å². The summed E-state index contributed by atoms with van der Waals surface area (Å²) < 4.78 is 26.0. The number of anilines is 1. The average molecular weight is 549 g/mol. The normalized spacial score (nSPS) is 20.7. The van der Waals surface area contributed by atoms with E-state index < -0.39 is 11.4 Å². The lowest BCUT2D eigenvalue weighted by Gasteiger charge is -2.32. The summed E-state index contributed by atoms with van der Waals surface area (Å²) in [7, 11) is 3.08. The molecular weight excluding hydrogens is 511 g/mol. The van der Waals surface area contributed by atoms with Crippen LogP contribution in [0, 0.1) is 11.3 Å². The van der Waals surface area contributed by atoms with Crippen molar-refractivity contribution in [2.24, 2.45) is 5.92 Å². The number of rotatable bonds is 7. The van der Waals surface area contributed by atoms with Gasteiger partial charge in [-0.1, -0.05) is 0 Å². The highest BCUT2D eigenvalue weighted by molar-refractivity contribution is 6.16. The second-order valence-corrected chi connectivity index (χ2v) is 11.5. The third-order valence-corrected chi connectivity index (χ3v) is 7.27. The van der Waals surface area contributed by atoms with E-state index in [9.17, 15) is 9.18 Å². The van der Waals surface area contributed by atoms with Gasteiger partial charge >= 0.3 is 6.09 Å². The minimum atomic E-state index is -0.734. The first kappa shape index (κ1) is 27.6. The lowest BCUT2D eigenvalue weighted by atomic mass is 9.95. The first-order chi connectivity index (χ1) is 19.1. The van der Waals surface area contributed by atoms with E-state index in [1.54, 1.807) is 25.4 Å². The van der Waals surface area contributed by atoms with Gasteiger partial charge in [-0.3, -0.25) is 5.41 Å². The standard InChI is InChI=1S/C30H37FN6O3/c1-30(2,3)40-29(38)37(16-18-6-7-18)20-12-13-36(17-20)25-11-10-23-24(35-25)9-8-22(34-23)21-14-19(15-33-4)27(32)26(31)28(21)39-5/h8-11,14-15,18,20,32-33H,6-7,12-13,16-17H2,1-5H3/b19-15-,32-27?. The number of methoxy groups -OCH3 is 1. The van der Waals surface area contributed by atoms with Crippen LogP contribution in [0.15, 0.2) is 53.7 Å². The molecule has 5 rings (SSSR count). The number of halogens is 1. The van der Waals surface area contributed by atoms with Gasteiger partial charge in [-0.2, -0.15) is 0 Å². The van der Waals surface area contributed by atoms with Crippen LogP contribution >= 0.6 is 0 Å². The number of allylic oxidation sites excluding steroid dienone is 4. The van der Waals surface area contributed by atoms with E-state index in [0.29, 0.717) is 40.3 Å². The number of hydrogen-bond donors (Lipinski definition) is 2. The molecule has 40 heavy (non-hydrogen) atoms. The predicted octanol–water partition coefficient (Wildman–Crippen LogP) is 5.20. The Bertz CT molecular complexity index is 1420. The van der Waals surface area contributed by atoms with Crippen molar-refractivity contribution < 1.29 is 18.7 Å². The molecule has 2 aromatic heterocycles. The van der Waals surface area contributed by atoms with Crippen molar-refractivity contribution in [3.8, 4) is 0 Å². The summed E-state index contributed by atoms with van der Waals surface area (Å²) in [6.07, 6.45) is 6.21. The van der Waals surface area contributed by atoms with Gasteiger partial charge in [0.15, 0.2) is 11.6 Å². The van der Waals surface area contributed by atoms with Crippen molar-refractivity contribution >= 4 is 34.2 Å². The molecule has 3 heterocycles. The van der Waals surface area contributed by atoms with Gasteiger partial charge in [-0.15, -0.1) is 0 Å². The molecule has 0 aromatic carbocycles. The zero-order valence-electron chi connectivity index (χ0n) is 23.8. The molecule has 0 radical (unpaired) electrons. The molecule has 1 amide bonds. The molecule has 1 unspecified atom stereocenters. The smallest absolute Gasteiger partial charge is 0.410 e. The zero-order chi connectivity index (χ0) is 28.6. The Morgan fingerprint density at radius 3 is 2.60 bits per heavy atom. The van der Waals surface area contributed by atoms with Gasteiger partial charge in [0.05, 0.1) is 29.9 Å². The summed E-state index contributed by atoms with van der Waals surface area (Å²) in [5.74, 6) is 0.645. The number of hydrogen-bond acceptors (Lipinski definition) is 8. The molecule has 10 heteroatoms. The lowest BCUT2D eigenvalue weighted by molar-refractivity contribution is 0.0167. The summed E-state index contributed by atoms with van der Waals surface area (Å²) in [6.45, 7) is 7.92. The highest BCUT2D eigenvalue weighted by Crippen LogP contribution is 2.35. The maximum Gasteiger partial charge on any atom is 0.410 e. The summed E-state index contributed by atoms with van der Waals surface area (Å²) >= 11 is 0. The number of amides is 1. The molecule has 9 nitrogen and oxygen atoms in total. The van der Waals surface area contributed by atoms with Crippen LogP contribution in [0.5, 0.6) is 0 Å². The first-order valence-electron chi connectivity index (χ1n) is 13.7. The van der Waals surface area contributed by atoms with Crippen molar-refractivity contribution in [3.63, 3.8) is 0 Å². The molecule has 2 fully saturated rings. The molecule has 0 bridgehead atoms. The summed E-state index contributed by atoms with van der Waals surface area (Å²) in [5.41, 5.74) is 1.99. The van der Waals surface area contributed by atoms with Crippen LogP contribution in [-0.2, 0) is 9.47 Å². The quantitative estimate of drug-likeness (QED) is 0.490. The summed E-state index contributed by atoms with van der Waals surface area (Å²) in [5, 5.41) is 10.9. The molecule has 212 valence electrons. The number of fused-ring (bicyclic) bond motifs is 1. The predicted molar refractivity (Wildman–Crippen MR) is 154 cm³/mol. The fourth-order valence-corrected chi connectivity index (χ4v) is 5.11. The molecule has 2 aromatic rings. The Morgan fingerprint density at radius 2 is 1.93 bits per heavy atom. The minimum absolute atomic E-state index is 0.0152. The van der Waals surface area contributed by atoms with E-state index in [0.717, 1.165) is 38.2 Å². The van der Waals surface area contributed by atoms with Gasteiger partial charge in [0.1, 0.15) is 17.1 Å². The van der Waals surface area contributed by atoms with Gasteiger partial charge in [-0.05, 0) is 76.3 Å². The van der Waals surface area contributed by atoms with Crippen molar-refractivity contribution in [3.05, 3.63) is 59.4 Å². The van der Waals surface area contributed by atoms with Gasteiger partial charge in [-0.25, -0.2) is 19.2 Å². The van der Waals surface area contributed by atoms with Crippen LogP contribution in [0.1, 0.15) is 45.7 Å². The number of aromatic nitrogens is 2. The van der Waals surface area contributed by atoms with Crippen molar-refractivity contribution in [2.45, 2.75) is 51.7 Å². The highest BCUT2D eigenvalue weighted by Gasteiger charge is 2.37. The Balaban J connectivity index is 1.36. The molecule has 1 aliphatic heterocycles. The molecule has 1 saturated heterocycles. The molecule has 0 spiro atoms. The fraction of sp³-hybridized carbons (Fsp3) is 0.467. The average Bonchev–Trinajstić information content (AvgIpc) is 3.61. The third-order valence-electron chi connectivity index (χ3n) is 7.27. The van der Waals surface area contributed by atoms with Crippen LogP contribution in [0.25, 0.3) is 16.6 Å². The zero-order valence-corrected chi connectivity index (χ0v) is 23.8. The Hall–Kier alpha value is -3.95. The van der Waals surface area contributed by atoms with E-state index in [1.165, 1.54) is 7.11 Å². The number of carbonyl (C=O) groups is 1. The topological polar surface area (TPSA) is 104 Å². The van der Waals surface area contributed by atoms with Crippen LogP contribution in [0.2, 0.25) is 0 Å². The number of nitrogens with one attached hydrogen (secondary N) is 2. The highest BCUT2D eigenvalue weighted by atomic mass is 19.1. The third kappa shape index (κ3) is 5.80. The SMILES string of the molecule is CN/C=C1/C=C(c2ccc3nc(N4CCC(N(CC5CC5)C(=O)OC(C)(C)C)C4)ccc3n2)C(OC)=C(F)C1=N. The van der Waals surface area contributed by atoms with E-state index in [4.69, 9.17) is 24.9 Å². The van der Waals surface area contributed by atoms with Gasteiger partial charge < -0.3 is 24.6 Å². The summed E-state index contributed by atoms with van der Waals surface area (Å²) in [4.78, 5) is 26.8. The maximum atomic E-state index is 14.9. The molecular formula is C30H37FN6O3.